The first-order chi connectivity index (χ1) is 10.2. The third kappa shape index (κ3) is 4.16. The van der Waals surface area contributed by atoms with Gasteiger partial charge >= 0.3 is 0 Å². The van der Waals surface area contributed by atoms with Crippen LogP contribution in [0.5, 0.6) is 5.75 Å². The fraction of sp³-hybridized carbons (Fsp3) is 0.375. The molecule has 0 unspecified atom stereocenters. The van der Waals surface area contributed by atoms with Gasteiger partial charge in [0, 0.05) is 32.3 Å². The summed E-state index contributed by atoms with van der Waals surface area (Å²) in [7, 11) is 3.67. The quantitative estimate of drug-likeness (QED) is 0.733. The first kappa shape index (κ1) is 15.3. The van der Waals surface area contributed by atoms with Crippen LogP contribution in [0.25, 0.3) is 11.3 Å². The van der Waals surface area contributed by atoms with E-state index < -0.39 is 0 Å². The number of hydrogen-bond donors (Lipinski definition) is 0. The minimum absolute atomic E-state index is 0.550. The lowest BCUT2D eigenvalue weighted by molar-refractivity contribution is 0.146. The van der Waals surface area contributed by atoms with E-state index in [1.807, 2.05) is 37.4 Å². The highest BCUT2D eigenvalue weighted by Crippen LogP contribution is 2.22. The number of methoxy groups -OCH3 is 1. The Balaban J connectivity index is 2.11. The van der Waals surface area contributed by atoms with Crippen molar-refractivity contribution >= 4 is 5.82 Å². The van der Waals surface area contributed by atoms with Gasteiger partial charge in [-0.3, -0.25) is 0 Å². The van der Waals surface area contributed by atoms with Gasteiger partial charge in [0.05, 0.1) is 12.3 Å². The van der Waals surface area contributed by atoms with Gasteiger partial charge in [-0.05, 0) is 31.2 Å². The first-order valence-corrected chi connectivity index (χ1v) is 7.00. The molecule has 5 heteroatoms. The van der Waals surface area contributed by atoms with Crippen LogP contribution >= 0.6 is 0 Å². The Hall–Kier alpha value is -2.14. The molecule has 1 aromatic carbocycles. The summed E-state index contributed by atoms with van der Waals surface area (Å²) >= 11 is 0. The molecule has 2 rings (SSSR count). The van der Waals surface area contributed by atoms with E-state index in [0.29, 0.717) is 13.2 Å². The molecule has 0 aliphatic carbocycles. The molecule has 0 amide bonds. The molecule has 0 saturated carbocycles. The SMILES string of the molecule is CCN(C)c1cc(-c2ccc(OCCOC)cc2)ncn1. The fourth-order valence-corrected chi connectivity index (χ4v) is 1.84. The highest BCUT2D eigenvalue weighted by molar-refractivity contribution is 5.63. The Morgan fingerprint density at radius 1 is 1.10 bits per heavy atom. The lowest BCUT2D eigenvalue weighted by Crippen LogP contribution is -2.17. The van der Waals surface area contributed by atoms with Crippen LogP contribution < -0.4 is 9.64 Å². The molecule has 0 aliphatic heterocycles. The molecule has 5 nitrogen and oxygen atoms in total. The minimum Gasteiger partial charge on any atom is -0.491 e. The summed E-state index contributed by atoms with van der Waals surface area (Å²) < 4.78 is 10.5. The Morgan fingerprint density at radius 2 is 1.86 bits per heavy atom. The monoisotopic (exact) mass is 287 g/mol. The molecule has 0 saturated heterocycles. The average molecular weight is 287 g/mol. The predicted octanol–water partition coefficient (Wildman–Crippen LogP) is 2.62. The standard InChI is InChI=1S/C16H21N3O2/c1-4-19(2)16-11-15(17-12-18-16)13-5-7-14(8-6-13)21-10-9-20-3/h5-8,11-12H,4,9-10H2,1-3H3. The topological polar surface area (TPSA) is 47.5 Å². The van der Waals surface area contributed by atoms with E-state index in [1.165, 1.54) is 0 Å². The molecule has 0 radical (unpaired) electrons. The summed E-state index contributed by atoms with van der Waals surface area (Å²) in [5.41, 5.74) is 1.95. The third-order valence-electron chi connectivity index (χ3n) is 3.22. The van der Waals surface area contributed by atoms with Crippen molar-refractivity contribution in [3.63, 3.8) is 0 Å². The van der Waals surface area contributed by atoms with Gasteiger partial charge in [0.1, 0.15) is 24.5 Å². The Bertz CT molecular complexity index is 558. The van der Waals surface area contributed by atoms with Crippen LogP contribution in [0.1, 0.15) is 6.92 Å². The van der Waals surface area contributed by atoms with Crippen molar-refractivity contribution in [3.05, 3.63) is 36.7 Å². The molecule has 0 aliphatic rings. The molecule has 2 aromatic rings. The van der Waals surface area contributed by atoms with Crippen molar-refractivity contribution in [1.82, 2.24) is 9.97 Å². The lowest BCUT2D eigenvalue weighted by atomic mass is 10.1. The van der Waals surface area contributed by atoms with E-state index in [4.69, 9.17) is 9.47 Å². The van der Waals surface area contributed by atoms with Gasteiger partial charge in [0.15, 0.2) is 0 Å². The maximum atomic E-state index is 5.55. The summed E-state index contributed by atoms with van der Waals surface area (Å²) in [6.07, 6.45) is 1.60. The van der Waals surface area contributed by atoms with Gasteiger partial charge in [-0.2, -0.15) is 0 Å². The molecule has 0 spiro atoms. The molecule has 0 bridgehead atoms. The second-order valence-electron chi connectivity index (χ2n) is 4.64. The summed E-state index contributed by atoms with van der Waals surface area (Å²) in [6, 6.07) is 9.87. The molecule has 1 aromatic heterocycles. The van der Waals surface area contributed by atoms with Gasteiger partial charge in [-0.25, -0.2) is 9.97 Å². The maximum Gasteiger partial charge on any atom is 0.132 e. The van der Waals surface area contributed by atoms with Crippen LogP contribution in [0.4, 0.5) is 5.82 Å². The predicted molar refractivity (Wildman–Crippen MR) is 83.8 cm³/mol. The third-order valence-corrected chi connectivity index (χ3v) is 3.22. The highest BCUT2D eigenvalue weighted by Gasteiger charge is 2.05. The summed E-state index contributed by atoms with van der Waals surface area (Å²) in [4.78, 5) is 10.7. The molecule has 0 atom stereocenters. The van der Waals surface area contributed by atoms with Crippen LogP contribution in [0.2, 0.25) is 0 Å². The molecule has 0 fully saturated rings. The van der Waals surface area contributed by atoms with Gasteiger partial charge in [-0.15, -0.1) is 0 Å². The Labute approximate surface area is 125 Å². The number of rotatable bonds is 7. The van der Waals surface area contributed by atoms with Crippen LogP contribution in [-0.2, 0) is 4.74 Å². The van der Waals surface area contributed by atoms with E-state index in [-0.39, 0.29) is 0 Å². The van der Waals surface area contributed by atoms with E-state index in [2.05, 4.69) is 21.8 Å². The summed E-state index contributed by atoms with van der Waals surface area (Å²) in [5, 5.41) is 0. The average Bonchev–Trinajstić information content (AvgIpc) is 2.55. The van der Waals surface area contributed by atoms with Gasteiger partial charge in [0.25, 0.3) is 0 Å². The second kappa shape index (κ2) is 7.59. The number of aromatic nitrogens is 2. The Kier molecular flexibility index (Phi) is 5.51. The summed E-state index contributed by atoms with van der Waals surface area (Å²) in [5.74, 6) is 1.75. The van der Waals surface area contributed by atoms with E-state index in [0.717, 1.165) is 29.4 Å². The van der Waals surface area contributed by atoms with Crippen molar-refractivity contribution in [3.8, 4) is 17.0 Å². The van der Waals surface area contributed by atoms with Crippen molar-refractivity contribution in [2.45, 2.75) is 6.92 Å². The highest BCUT2D eigenvalue weighted by atomic mass is 16.5. The zero-order chi connectivity index (χ0) is 15.1. The largest absolute Gasteiger partial charge is 0.491 e. The molecule has 112 valence electrons. The molecule has 1 heterocycles. The molecular weight excluding hydrogens is 266 g/mol. The van der Waals surface area contributed by atoms with E-state index >= 15 is 0 Å². The minimum atomic E-state index is 0.550. The second-order valence-corrected chi connectivity index (χ2v) is 4.64. The van der Waals surface area contributed by atoms with Gasteiger partial charge < -0.3 is 14.4 Å². The number of anilines is 1. The van der Waals surface area contributed by atoms with Gasteiger partial charge in [0.2, 0.25) is 0 Å². The number of benzene rings is 1. The van der Waals surface area contributed by atoms with Crippen LogP contribution in [0.3, 0.4) is 0 Å². The lowest BCUT2D eigenvalue weighted by Gasteiger charge is -2.15. The van der Waals surface area contributed by atoms with Crippen molar-refractivity contribution < 1.29 is 9.47 Å². The summed E-state index contributed by atoms with van der Waals surface area (Å²) in [6.45, 7) is 4.13. The smallest absolute Gasteiger partial charge is 0.132 e. The van der Waals surface area contributed by atoms with E-state index in [1.54, 1.807) is 13.4 Å². The molecule has 21 heavy (non-hydrogen) atoms. The van der Waals surface area contributed by atoms with E-state index in [9.17, 15) is 0 Å². The first-order valence-electron chi connectivity index (χ1n) is 7.00. The van der Waals surface area contributed by atoms with Crippen LogP contribution in [0, 0.1) is 0 Å². The fourth-order valence-electron chi connectivity index (χ4n) is 1.84. The number of hydrogen-bond acceptors (Lipinski definition) is 5. The van der Waals surface area contributed by atoms with Crippen molar-refractivity contribution in [2.75, 3.05) is 38.8 Å². The van der Waals surface area contributed by atoms with Crippen LogP contribution in [0.15, 0.2) is 36.7 Å². The van der Waals surface area contributed by atoms with Crippen molar-refractivity contribution in [1.29, 1.82) is 0 Å². The maximum absolute atomic E-state index is 5.55. The van der Waals surface area contributed by atoms with Crippen molar-refractivity contribution in [2.24, 2.45) is 0 Å². The number of nitrogens with zero attached hydrogens (tertiary/aromatic N) is 3. The normalized spacial score (nSPS) is 10.4. The number of ether oxygens (including phenoxy) is 2. The zero-order valence-corrected chi connectivity index (χ0v) is 12.7. The van der Waals surface area contributed by atoms with Gasteiger partial charge in [-0.1, -0.05) is 0 Å². The van der Waals surface area contributed by atoms with Crippen LogP contribution in [-0.4, -0.2) is 43.9 Å². The Morgan fingerprint density at radius 3 is 2.52 bits per heavy atom. The zero-order valence-electron chi connectivity index (χ0n) is 12.7. The molecular formula is C16H21N3O2. The molecule has 0 N–H and O–H groups in total.